The second-order valence-corrected chi connectivity index (χ2v) is 6.27. The van der Waals surface area contributed by atoms with Crippen LogP contribution < -0.4 is 14.8 Å². The number of anilines is 1. The Morgan fingerprint density at radius 1 is 1.10 bits per heavy atom. The Labute approximate surface area is 173 Å². The van der Waals surface area contributed by atoms with Crippen LogP contribution in [0.2, 0.25) is 0 Å². The van der Waals surface area contributed by atoms with E-state index in [4.69, 9.17) is 21.1 Å². The van der Waals surface area contributed by atoms with Crippen LogP contribution in [0.4, 0.5) is 5.82 Å². The van der Waals surface area contributed by atoms with Crippen molar-refractivity contribution in [3.05, 3.63) is 60.2 Å². The van der Waals surface area contributed by atoms with Crippen molar-refractivity contribution in [2.24, 2.45) is 0 Å². The van der Waals surface area contributed by atoms with Gasteiger partial charge in [-0.1, -0.05) is 30.3 Å². The molecule has 0 spiro atoms. The molecule has 0 bridgehead atoms. The number of pyridine rings is 1. The van der Waals surface area contributed by atoms with Crippen molar-refractivity contribution in [1.29, 1.82) is 5.26 Å². The summed E-state index contributed by atoms with van der Waals surface area (Å²) in [4.78, 5) is 16.4. The van der Waals surface area contributed by atoms with Gasteiger partial charge in [0.05, 0.1) is 19.9 Å². The third-order valence-corrected chi connectivity index (χ3v) is 4.52. The van der Waals surface area contributed by atoms with Crippen LogP contribution in [0.3, 0.4) is 0 Å². The minimum Gasteiger partial charge on any atom is -0.497 e. The zero-order chi connectivity index (χ0) is 20.8. The monoisotopic (exact) mass is 407 g/mol. The summed E-state index contributed by atoms with van der Waals surface area (Å²) in [6.07, 6.45) is 0. The zero-order valence-electron chi connectivity index (χ0n) is 15.9. The van der Waals surface area contributed by atoms with E-state index in [-0.39, 0.29) is 17.3 Å². The third kappa shape index (κ3) is 4.31. The van der Waals surface area contributed by atoms with Crippen LogP contribution in [0.5, 0.6) is 11.5 Å². The molecular formula is C22H18ClN3O3. The van der Waals surface area contributed by atoms with E-state index < -0.39 is 5.91 Å². The Kier molecular flexibility index (Phi) is 6.32. The van der Waals surface area contributed by atoms with E-state index in [9.17, 15) is 10.1 Å². The van der Waals surface area contributed by atoms with E-state index >= 15 is 0 Å². The fourth-order valence-corrected chi connectivity index (χ4v) is 2.97. The van der Waals surface area contributed by atoms with Gasteiger partial charge in [0.25, 0.3) is 0 Å². The fraction of sp³-hybridized carbons (Fsp3) is 0.136. The number of hydrogen-bond acceptors (Lipinski definition) is 5. The van der Waals surface area contributed by atoms with Gasteiger partial charge < -0.3 is 14.8 Å². The van der Waals surface area contributed by atoms with Gasteiger partial charge in [0.1, 0.15) is 29.0 Å². The lowest BCUT2D eigenvalue weighted by molar-refractivity contribution is -0.113. The number of nitrogens with zero attached hydrogens (tertiary/aromatic N) is 2. The Morgan fingerprint density at radius 3 is 2.48 bits per heavy atom. The van der Waals surface area contributed by atoms with Crippen LogP contribution in [0.1, 0.15) is 5.56 Å². The molecule has 6 nitrogen and oxygen atoms in total. The van der Waals surface area contributed by atoms with Gasteiger partial charge in [-0.2, -0.15) is 5.26 Å². The highest BCUT2D eigenvalue weighted by Gasteiger charge is 2.19. The van der Waals surface area contributed by atoms with E-state index in [0.29, 0.717) is 28.3 Å². The molecule has 0 unspecified atom stereocenters. The molecule has 1 amide bonds. The normalized spacial score (nSPS) is 10.1. The first-order valence-electron chi connectivity index (χ1n) is 8.70. The molecule has 29 heavy (non-hydrogen) atoms. The molecule has 0 saturated heterocycles. The third-order valence-electron chi connectivity index (χ3n) is 4.28. The Balaban J connectivity index is 2.27. The summed E-state index contributed by atoms with van der Waals surface area (Å²) in [6, 6.07) is 18.7. The molecule has 3 aromatic rings. The van der Waals surface area contributed by atoms with Crippen LogP contribution in [0, 0.1) is 11.3 Å². The van der Waals surface area contributed by atoms with Gasteiger partial charge in [-0.25, -0.2) is 4.98 Å². The standard InChI is InChI=1S/C22H18ClN3O3/c1-28-15-8-9-16(20(10-15)29-2)19-11-17(14-6-4-3-5-7-14)18(13-24)22(25-19)26-21(27)12-23/h3-11H,12H2,1-2H3,(H,25,26,27). The molecule has 3 rings (SSSR count). The van der Waals surface area contributed by atoms with E-state index in [1.807, 2.05) is 36.4 Å². The predicted octanol–water partition coefficient (Wildman–Crippen LogP) is 4.48. The second kappa shape index (κ2) is 9.09. The van der Waals surface area contributed by atoms with E-state index in [1.54, 1.807) is 32.4 Å². The molecule has 0 aliphatic heterocycles. The maximum Gasteiger partial charge on any atom is 0.240 e. The Hall–Kier alpha value is -3.56. The quantitative estimate of drug-likeness (QED) is 0.609. The molecule has 0 aliphatic carbocycles. The zero-order valence-corrected chi connectivity index (χ0v) is 16.7. The number of hydrogen-bond donors (Lipinski definition) is 1. The molecule has 0 atom stereocenters. The number of alkyl halides is 1. The van der Waals surface area contributed by atoms with Gasteiger partial charge in [0, 0.05) is 17.2 Å². The molecule has 0 fully saturated rings. The van der Waals surface area contributed by atoms with E-state index in [0.717, 1.165) is 5.56 Å². The molecule has 1 N–H and O–H groups in total. The number of benzene rings is 2. The van der Waals surface area contributed by atoms with Gasteiger partial charge in [-0.05, 0) is 23.8 Å². The van der Waals surface area contributed by atoms with Crippen molar-refractivity contribution >= 4 is 23.3 Å². The number of halogens is 1. The summed E-state index contributed by atoms with van der Waals surface area (Å²) in [5.41, 5.74) is 2.94. The first kappa shape index (κ1) is 20.2. The Morgan fingerprint density at radius 2 is 1.86 bits per heavy atom. The van der Waals surface area contributed by atoms with Crippen LogP contribution in [-0.2, 0) is 4.79 Å². The highest BCUT2D eigenvalue weighted by atomic mass is 35.5. The van der Waals surface area contributed by atoms with Gasteiger partial charge in [-0.15, -0.1) is 11.6 Å². The number of ether oxygens (including phenoxy) is 2. The number of carbonyl (C=O) groups is 1. The molecule has 146 valence electrons. The number of carbonyl (C=O) groups excluding carboxylic acids is 1. The first-order chi connectivity index (χ1) is 14.1. The first-order valence-corrected chi connectivity index (χ1v) is 9.23. The molecule has 0 aliphatic rings. The minimum atomic E-state index is -0.450. The van der Waals surface area contributed by atoms with Crippen LogP contribution >= 0.6 is 11.6 Å². The molecule has 1 heterocycles. The van der Waals surface area contributed by atoms with Gasteiger partial charge in [0.2, 0.25) is 5.91 Å². The largest absolute Gasteiger partial charge is 0.497 e. The van der Waals surface area contributed by atoms with Crippen LogP contribution in [0.15, 0.2) is 54.6 Å². The number of nitrogens with one attached hydrogen (secondary N) is 1. The predicted molar refractivity (Wildman–Crippen MR) is 112 cm³/mol. The molecular weight excluding hydrogens is 390 g/mol. The molecule has 1 aromatic heterocycles. The molecule has 0 radical (unpaired) electrons. The summed E-state index contributed by atoms with van der Waals surface area (Å²) in [6.45, 7) is 0. The molecule has 0 saturated carbocycles. The summed E-state index contributed by atoms with van der Waals surface area (Å²) >= 11 is 5.64. The lowest BCUT2D eigenvalue weighted by Gasteiger charge is -2.15. The van der Waals surface area contributed by atoms with Crippen molar-refractivity contribution in [3.8, 4) is 40.0 Å². The average molecular weight is 408 g/mol. The summed E-state index contributed by atoms with van der Waals surface area (Å²) in [5.74, 6) is 0.637. The van der Waals surface area contributed by atoms with Crippen molar-refractivity contribution in [2.45, 2.75) is 0 Å². The SMILES string of the molecule is COc1ccc(-c2cc(-c3ccccc3)c(C#N)c(NC(=O)CCl)n2)c(OC)c1. The highest BCUT2D eigenvalue weighted by Crippen LogP contribution is 2.37. The minimum absolute atomic E-state index is 0.146. The average Bonchev–Trinajstić information content (AvgIpc) is 2.78. The Bertz CT molecular complexity index is 1080. The van der Waals surface area contributed by atoms with Crippen molar-refractivity contribution in [2.75, 3.05) is 25.4 Å². The topological polar surface area (TPSA) is 84.2 Å². The summed E-state index contributed by atoms with van der Waals surface area (Å²) in [5, 5.41) is 12.4. The number of amides is 1. The number of rotatable bonds is 6. The van der Waals surface area contributed by atoms with E-state index in [2.05, 4.69) is 16.4 Å². The number of methoxy groups -OCH3 is 2. The fourth-order valence-electron chi connectivity index (χ4n) is 2.91. The number of nitriles is 1. The molecule has 7 heteroatoms. The van der Waals surface area contributed by atoms with Crippen molar-refractivity contribution in [3.63, 3.8) is 0 Å². The van der Waals surface area contributed by atoms with Crippen molar-refractivity contribution in [1.82, 2.24) is 4.98 Å². The second-order valence-electron chi connectivity index (χ2n) is 6.00. The van der Waals surface area contributed by atoms with Gasteiger partial charge in [0.15, 0.2) is 5.82 Å². The lowest BCUT2D eigenvalue weighted by atomic mass is 9.98. The molecule has 2 aromatic carbocycles. The van der Waals surface area contributed by atoms with Gasteiger partial charge >= 0.3 is 0 Å². The van der Waals surface area contributed by atoms with E-state index in [1.165, 1.54) is 0 Å². The van der Waals surface area contributed by atoms with Crippen molar-refractivity contribution < 1.29 is 14.3 Å². The van der Waals surface area contributed by atoms with Crippen LogP contribution in [-0.4, -0.2) is 31.0 Å². The maximum atomic E-state index is 11.9. The summed E-state index contributed by atoms with van der Waals surface area (Å²) in [7, 11) is 3.12. The maximum absolute atomic E-state index is 11.9. The highest BCUT2D eigenvalue weighted by molar-refractivity contribution is 6.29. The lowest BCUT2D eigenvalue weighted by Crippen LogP contribution is -2.15. The summed E-state index contributed by atoms with van der Waals surface area (Å²) < 4.78 is 10.7. The number of aromatic nitrogens is 1. The van der Waals surface area contributed by atoms with Crippen LogP contribution in [0.25, 0.3) is 22.4 Å². The van der Waals surface area contributed by atoms with Gasteiger partial charge in [-0.3, -0.25) is 4.79 Å². The smallest absolute Gasteiger partial charge is 0.240 e.